The molecule has 12 nitrogen and oxygen atoms in total. The average molecular weight is 786 g/mol. The maximum absolute atomic E-state index is 14.5. The number of methoxy groups -OCH3 is 2. The molecule has 290 valence electrons. The normalized spacial score (nSPS) is 13.5. The number of ether oxygens (including phenoxy) is 2. The molecule has 4 heterocycles. The van der Waals surface area contributed by atoms with Gasteiger partial charge in [0, 0.05) is 55.1 Å². The SMILES string of the molecule is COc1cc(N2CCC(CCS(C)(=O)=O)CC2)ccc1Nc1nccc(-c2c(-c3ccc(OC)c(C(=O)Nc4c(F)cccc4F)c3)nc3cc(F)ccn23)n1. The van der Waals surface area contributed by atoms with E-state index in [1.807, 2.05) is 18.2 Å². The van der Waals surface area contributed by atoms with Crippen molar-refractivity contribution in [2.45, 2.75) is 19.3 Å². The van der Waals surface area contributed by atoms with Gasteiger partial charge in [0.15, 0.2) is 0 Å². The van der Waals surface area contributed by atoms with Gasteiger partial charge in [-0.1, -0.05) is 6.07 Å². The molecule has 1 amide bonds. The van der Waals surface area contributed by atoms with Crippen molar-refractivity contribution in [1.29, 1.82) is 0 Å². The van der Waals surface area contributed by atoms with Crippen molar-refractivity contribution in [3.63, 3.8) is 0 Å². The van der Waals surface area contributed by atoms with Crippen molar-refractivity contribution in [3.05, 3.63) is 108 Å². The van der Waals surface area contributed by atoms with Crippen molar-refractivity contribution in [2.24, 2.45) is 5.92 Å². The van der Waals surface area contributed by atoms with Gasteiger partial charge < -0.3 is 25.0 Å². The van der Waals surface area contributed by atoms with Crippen LogP contribution in [0.25, 0.3) is 28.3 Å². The van der Waals surface area contributed by atoms with Crippen LogP contribution in [0.3, 0.4) is 0 Å². The largest absolute Gasteiger partial charge is 0.496 e. The molecule has 6 aromatic rings. The van der Waals surface area contributed by atoms with Gasteiger partial charge in [0.05, 0.1) is 48.3 Å². The molecule has 56 heavy (non-hydrogen) atoms. The molecule has 0 aliphatic carbocycles. The molecule has 0 spiro atoms. The number of imidazole rings is 1. The number of nitrogens with zero attached hydrogens (tertiary/aromatic N) is 5. The first-order valence-electron chi connectivity index (χ1n) is 17.7. The maximum Gasteiger partial charge on any atom is 0.259 e. The van der Waals surface area contributed by atoms with Crippen LogP contribution in [0.4, 0.5) is 36.2 Å². The monoisotopic (exact) mass is 785 g/mol. The highest BCUT2D eigenvalue weighted by molar-refractivity contribution is 7.90. The van der Waals surface area contributed by atoms with Gasteiger partial charge in [0.2, 0.25) is 5.95 Å². The van der Waals surface area contributed by atoms with Crippen LogP contribution in [-0.4, -0.2) is 73.0 Å². The van der Waals surface area contributed by atoms with Crippen LogP contribution in [0.2, 0.25) is 0 Å². The molecule has 7 rings (SSSR count). The first kappa shape index (κ1) is 38.1. The van der Waals surface area contributed by atoms with Crippen molar-refractivity contribution < 1.29 is 35.9 Å². The van der Waals surface area contributed by atoms with Gasteiger partial charge in [-0.3, -0.25) is 9.20 Å². The summed E-state index contributed by atoms with van der Waals surface area (Å²) in [5, 5.41) is 5.54. The van der Waals surface area contributed by atoms with Crippen LogP contribution in [0.15, 0.2) is 85.2 Å². The highest BCUT2D eigenvalue weighted by Crippen LogP contribution is 2.37. The molecule has 3 aromatic carbocycles. The second kappa shape index (κ2) is 15.9. The van der Waals surface area contributed by atoms with Crippen molar-refractivity contribution in [3.8, 4) is 34.1 Å². The zero-order valence-electron chi connectivity index (χ0n) is 30.7. The molecule has 0 atom stereocenters. The number of nitrogens with one attached hydrogen (secondary N) is 2. The lowest BCUT2D eigenvalue weighted by Crippen LogP contribution is -2.34. The van der Waals surface area contributed by atoms with E-state index in [9.17, 15) is 26.4 Å². The van der Waals surface area contributed by atoms with Gasteiger partial charge in [0.25, 0.3) is 5.91 Å². The van der Waals surface area contributed by atoms with E-state index in [1.165, 1.54) is 49.9 Å². The molecule has 1 fully saturated rings. The molecule has 0 bridgehead atoms. The predicted octanol–water partition coefficient (Wildman–Crippen LogP) is 7.54. The third kappa shape index (κ3) is 8.24. The van der Waals surface area contributed by atoms with Crippen molar-refractivity contribution in [1.82, 2.24) is 19.4 Å². The molecular weight excluding hydrogens is 748 g/mol. The van der Waals surface area contributed by atoms with E-state index >= 15 is 0 Å². The lowest BCUT2D eigenvalue weighted by molar-refractivity contribution is 0.102. The smallest absolute Gasteiger partial charge is 0.259 e. The number of piperidine rings is 1. The second-order valence-electron chi connectivity index (χ2n) is 13.5. The number of carbonyl (C=O) groups is 1. The summed E-state index contributed by atoms with van der Waals surface area (Å²) in [5.41, 5.74) is 2.79. The topological polar surface area (TPSA) is 140 Å². The summed E-state index contributed by atoms with van der Waals surface area (Å²) in [7, 11) is -0.0603. The second-order valence-corrected chi connectivity index (χ2v) is 15.7. The fourth-order valence-electron chi connectivity index (χ4n) is 6.81. The number of halogens is 3. The Morgan fingerprint density at radius 3 is 2.38 bits per heavy atom. The van der Waals surface area contributed by atoms with Crippen molar-refractivity contribution >= 4 is 44.4 Å². The van der Waals surface area contributed by atoms with E-state index in [0.29, 0.717) is 46.4 Å². The third-order valence-corrected chi connectivity index (χ3v) is 10.7. The Kier molecular flexibility index (Phi) is 10.8. The summed E-state index contributed by atoms with van der Waals surface area (Å²) < 4.78 is 79.5. The summed E-state index contributed by atoms with van der Waals surface area (Å²) in [4.78, 5) is 29.6. The van der Waals surface area contributed by atoms with Crippen LogP contribution in [0.5, 0.6) is 11.5 Å². The zero-order valence-corrected chi connectivity index (χ0v) is 31.5. The number of aromatic nitrogens is 4. The van der Waals surface area contributed by atoms with Gasteiger partial charge in [0.1, 0.15) is 50.1 Å². The predicted molar refractivity (Wildman–Crippen MR) is 208 cm³/mol. The molecule has 2 N–H and O–H groups in total. The van der Waals surface area contributed by atoms with Crippen LogP contribution in [-0.2, 0) is 9.84 Å². The number of amides is 1. The van der Waals surface area contributed by atoms with Gasteiger partial charge in [-0.2, -0.15) is 0 Å². The molecule has 0 radical (unpaired) electrons. The van der Waals surface area contributed by atoms with Gasteiger partial charge in [-0.15, -0.1) is 0 Å². The van der Waals surface area contributed by atoms with Gasteiger partial charge in [-0.25, -0.2) is 36.5 Å². The molecule has 1 aliphatic heterocycles. The first-order chi connectivity index (χ1) is 26.9. The summed E-state index contributed by atoms with van der Waals surface area (Å²) in [6.45, 7) is 1.59. The molecule has 0 saturated carbocycles. The van der Waals surface area contributed by atoms with Gasteiger partial charge >= 0.3 is 0 Å². The number of rotatable bonds is 12. The van der Waals surface area contributed by atoms with E-state index in [-0.39, 0.29) is 28.7 Å². The molecule has 1 saturated heterocycles. The molecule has 16 heteroatoms. The lowest BCUT2D eigenvalue weighted by atomic mass is 9.94. The highest BCUT2D eigenvalue weighted by atomic mass is 32.2. The molecule has 3 aromatic heterocycles. The summed E-state index contributed by atoms with van der Waals surface area (Å²) in [6.07, 6.45) is 6.81. The number of pyridine rings is 1. The number of hydrogen-bond donors (Lipinski definition) is 2. The maximum atomic E-state index is 14.5. The number of hydrogen-bond acceptors (Lipinski definition) is 10. The number of sulfone groups is 1. The standard InChI is InChI=1S/C40H38F3N7O5S/c1-54-33-10-7-25(21-28(33)39(51)48-37-29(42)5-4-6-30(37)43)36-38(50-19-14-26(41)22-35(50)47-36)32-11-16-44-40(46-32)45-31-9-8-27(23-34(31)55-2)49-17-12-24(13-18-49)15-20-56(3,52)53/h4-11,14,16,19,21-24H,12-13,15,17-18,20H2,1-3H3,(H,48,51)(H,44,45,46). The van der Waals surface area contributed by atoms with E-state index in [2.05, 4.69) is 20.5 Å². The summed E-state index contributed by atoms with van der Waals surface area (Å²) >= 11 is 0. The Morgan fingerprint density at radius 2 is 1.66 bits per heavy atom. The molecule has 0 unspecified atom stereocenters. The molecular formula is C40H38F3N7O5S. The van der Waals surface area contributed by atoms with Crippen LogP contribution >= 0.6 is 0 Å². The Balaban J connectivity index is 1.18. The van der Waals surface area contributed by atoms with E-state index < -0.39 is 38.9 Å². The first-order valence-corrected chi connectivity index (χ1v) is 19.8. The minimum absolute atomic E-state index is 0.0289. The van der Waals surface area contributed by atoms with Crippen LogP contribution in [0, 0.1) is 23.4 Å². The molecule has 1 aliphatic rings. The third-order valence-electron chi connectivity index (χ3n) is 9.71. The number of anilines is 4. The number of para-hydroxylation sites is 1. The van der Waals surface area contributed by atoms with E-state index in [1.54, 1.807) is 29.8 Å². The minimum atomic E-state index is -2.99. The Morgan fingerprint density at radius 1 is 0.911 bits per heavy atom. The number of carbonyl (C=O) groups excluding carboxylic acids is 1. The zero-order chi connectivity index (χ0) is 39.6. The Hall–Kier alpha value is -6.16. The Bertz CT molecular complexity index is 2520. The fraction of sp³-hybridized carbons (Fsp3) is 0.250. The number of benzene rings is 3. The average Bonchev–Trinajstić information content (AvgIpc) is 3.57. The lowest BCUT2D eigenvalue weighted by Gasteiger charge is -2.34. The van der Waals surface area contributed by atoms with E-state index in [4.69, 9.17) is 19.4 Å². The fourth-order valence-corrected chi connectivity index (χ4v) is 7.57. The van der Waals surface area contributed by atoms with Crippen LogP contribution in [0.1, 0.15) is 29.6 Å². The summed E-state index contributed by atoms with van der Waals surface area (Å²) in [5.74, 6) is -1.74. The van der Waals surface area contributed by atoms with Crippen LogP contribution < -0.4 is 25.0 Å². The summed E-state index contributed by atoms with van der Waals surface area (Å²) in [6, 6.07) is 17.9. The Labute approximate surface area is 321 Å². The van der Waals surface area contributed by atoms with E-state index in [0.717, 1.165) is 43.8 Å². The van der Waals surface area contributed by atoms with Crippen molar-refractivity contribution in [2.75, 3.05) is 54.9 Å². The highest BCUT2D eigenvalue weighted by Gasteiger charge is 2.24. The number of fused-ring (bicyclic) bond motifs is 1. The minimum Gasteiger partial charge on any atom is -0.496 e. The quantitative estimate of drug-likeness (QED) is 0.128. The van der Waals surface area contributed by atoms with Gasteiger partial charge in [-0.05, 0) is 79.8 Å².